The fraction of sp³-hybridized carbons (Fsp3) is 0.533. The average molecular weight is 243 g/mol. The summed E-state index contributed by atoms with van der Waals surface area (Å²) in [6.45, 7) is 7.00. The molecule has 2 aromatic heterocycles. The van der Waals surface area contributed by atoms with Crippen LogP contribution in [0.2, 0.25) is 0 Å². The van der Waals surface area contributed by atoms with E-state index in [4.69, 9.17) is 10.7 Å². The van der Waals surface area contributed by atoms with Gasteiger partial charge in [0.05, 0.1) is 11.2 Å². The van der Waals surface area contributed by atoms with E-state index in [0.717, 1.165) is 35.5 Å². The highest BCUT2D eigenvalue weighted by Crippen LogP contribution is 2.37. The largest absolute Gasteiger partial charge is 0.396 e. The van der Waals surface area contributed by atoms with Crippen molar-refractivity contribution >= 4 is 16.7 Å². The Morgan fingerprint density at radius 2 is 2.17 bits per heavy atom. The van der Waals surface area contributed by atoms with E-state index in [1.165, 1.54) is 17.7 Å². The van der Waals surface area contributed by atoms with Gasteiger partial charge in [0.2, 0.25) is 0 Å². The van der Waals surface area contributed by atoms with Gasteiger partial charge in [-0.25, -0.2) is 4.98 Å². The molecule has 2 heterocycles. The van der Waals surface area contributed by atoms with Crippen LogP contribution >= 0.6 is 0 Å². The van der Waals surface area contributed by atoms with Crippen molar-refractivity contribution in [1.82, 2.24) is 9.97 Å². The summed E-state index contributed by atoms with van der Waals surface area (Å²) in [4.78, 5) is 7.94. The molecule has 3 heteroatoms. The second-order valence-electron chi connectivity index (χ2n) is 6.54. The van der Waals surface area contributed by atoms with E-state index in [1.54, 1.807) is 0 Å². The highest BCUT2D eigenvalue weighted by molar-refractivity contribution is 5.87. The summed E-state index contributed by atoms with van der Waals surface area (Å²) in [5, 5.41) is 0. The van der Waals surface area contributed by atoms with Gasteiger partial charge >= 0.3 is 0 Å². The Bertz CT molecular complexity index is 590. The van der Waals surface area contributed by atoms with Crippen LogP contribution < -0.4 is 5.73 Å². The summed E-state index contributed by atoms with van der Waals surface area (Å²) < 4.78 is 0. The number of nitrogens with two attached hydrogens (primary N) is 1. The number of nitrogens with one attached hydrogen (secondary N) is 1. The van der Waals surface area contributed by atoms with Crippen LogP contribution in [-0.4, -0.2) is 9.97 Å². The molecular formula is C15H21N3. The zero-order valence-corrected chi connectivity index (χ0v) is 11.4. The second-order valence-corrected chi connectivity index (χ2v) is 6.54. The Hall–Kier alpha value is -1.51. The van der Waals surface area contributed by atoms with E-state index in [-0.39, 0.29) is 0 Å². The van der Waals surface area contributed by atoms with Gasteiger partial charge in [-0.05, 0) is 42.2 Å². The Morgan fingerprint density at radius 3 is 2.89 bits per heavy atom. The number of anilines is 1. The molecule has 0 radical (unpaired) electrons. The van der Waals surface area contributed by atoms with Gasteiger partial charge in [0.15, 0.2) is 0 Å². The number of aromatic amines is 1. The van der Waals surface area contributed by atoms with E-state index in [0.29, 0.717) is 5.41 Å². The van der Waals surface area contributed by atoms with Crippen molar-refractivity contribution in [3.05, 3.63) is 23.5 Å². The predicted molar refractivity (Wildman–Crippen MR) is 75.5 cm³/mol. The molecule has 0 saturated carbocycles. The van der Waals surface area contributed by atoms with Gasteiger partial charge in [0, 0.05) is 11.9 Å². The first-order valence-corrected chi connectivity index (χ1v) is 6.70. The summed E-state index contributed by atoms with van der Waals surface area (Å²) in [6, 6.07) is 2.24. The molecule has 0 saturated heterocycles. The molecule has 0 spiro atoms. The standard InChI is InChI=1S/C15H21N3/c1-15(2,3)10-4-5-12-9(6-10)7-13-14(18-12)11(16)8-17-13/h7-8,10,17H,4-6,16H2,1-3H3. The number of nitrogens with zero attached hydrogens (tertiary/aromatic N) is 1. The lowest BCUT2D eigenvalue weighted by Gasteiger charge is -2.34. The average Bonchev–Trinajstić information content (AvgIpc) is 2.66. The third-order valence-electron chi connectivity index (χ3n) is 4.27. The topological polar surface area (TPSA) is 54.7 Å². The molecule has 1 aliphatic rings. The van der Waals surface area contributed by atoms with E-state index in [9.17, 15) is 0 Å². The molecule has 1 atom stereocenters. The maximum absolute atomic E-state index is 5.91. The summed E-state index contributed by atoms with van der Waals surface area (Å²) in [5.41, 5.74) is 11.7. The number of hydrogen-bond acceptors (Lipinski definition) is 2. The maximum Gasteiger partial charge on any atom is 0.111 e. The maximum atomic E-state index is 5.91. The van der Waals surface area contributed by atoms with Crippen LogP contribution in [0.5, 0.6) is 0 Å². The van der Waals surface area contributed by atoms with Crippen molar-refractivity contribution in [1.29, 1.82) is 0 Å². The van der Waals surface area contributed by atoms with Crippen molar-refractivity contribution in [2.24, 2.45) is 11.3 Å². The molecule has 0 amide bonds. The Morgan fingerprint density at radius 1 is 1.39 bits per heavy atom. The third-order valence-corrected chi connectivity index (χ3v) is 4.27. The lowest BCUT2D eigenvalue weighted by molar-refractivity contribution is 0.215. The number of rotatable bonds is 0. The number of nitrogen functional groups attached to an aromatic ring is 1. The highest BCUT2D eigenvalue weighted by atomic mass is 14.8. The SMILES string of the molecule is CC(C)(C)C1CCc2nc3c(N)c[nH]c3cc2C1. The molecule has 96 valence electrons. The Labute approximate surface area is 108 Å². The van der Waals surface area contributed by atoms with E-state index < -0.39 is 0 Å². The molecule has 3 nitrogen and oxygen atoms in total. The third kappa shape index (κ3) is 1.78. The van der Waals surface area contributed by atoms with Crippen molar-refractivity contribution < 1.29 is 0 Å². The lowest BCUT2D eigenvalue weighted by Crippen LogP contribution is -2.27. The Balaban J connectivity index is 2.03. The van der Waals surface area contributed by atoms with Crippen LogP contribution in [0.3, 0.4) is 0 Å². The monoisotopic (exact) mass is 243 g/mol. The molecule has 18 heavy (non-hydrogen) atoms. The predicted octanol–water partition coefficient (Wildman–Crippen LogP) is 3.30. The van der Waals surface area contributed by atoms with Crippen molar-refractivity contribution in [3.63, 3.8) is 0 Å². The molecule has 0 aliphatic heterocycles. The minimum atomic E-state index is 0.376. The lowest BCUT2D eigenvalue weighted by atomic mass is 9.71. The number of H-pyrrole nitrogens is 1. The van der Waals surface area contributed by atoms with Gasteiger partial charge in [0.25, 0.3) is 0 Å². The molecule has 1 unspecified atom stereocenters. The van der Waals surface area contributed by atoms with Gasteiger partial charge in [-0.15, -0.1) is 0 Å². The zero-order valence-electron chi connectivity index (χ0n) is 11.4. The minimum absolute atomic E-state index is 0.376. The zero-order chi connectivity index (χ0) is 12.9. The summed E-state index contributed by atoms with van der Waals surface area (Å²) >= 11 is 0. The highest BCUT2D eigenvalue weighted by Gasteiger charge is 2.29. The van der Waals surface area contributed by atoms with Crippen LogP contribution in [0.15, 0.2) is 12.3 Å². The second kappa shape index (κ2) is 3.74. The van der Waals surface area contributed by atoms with Crippen molar-refractivity contribution in [3.8, 4) is 0 Å². The fourth-order valence-corrected chi connectivity index (χ4v) is 2.96. The summed E-state index contributed by atoms with van der Waals surface area (Å²) in [6.07, 6.45) is 5.29. The van der Waals surface area contributed by atoms with Crippen LogP contribution in [-0.2, 0) is 12.8 Å². The first-order valence-electron chi connectivity index (χ1n) is 6.70. The quantitative estimate of drug-likeness (QED) is 0.746. The van der Waals surface area contributed by atoms with Gasteiger partial charge in [0.1, 0.15) is 5.52 Å². The summed E-state index contributed by atoms with van der Waals surface area (Å²) in [5.74, 6) is 0.747. The van der Waals surface area contributed by atoms with Crippen molar-refractivity contribution in [2.75, 3.05) is 5.73 Å². The smallest absolute Gasteiger partial charge is 0.111 e. The normalized spacial score (nSPS) is 20.1. The number of hydrogen-bond donors (Lipinski definition) is 2. The van der Waals surface area contributed by atoms with Crippen molar-refractivity contribution in [2.45, 2.75) is 40.0 Å². The molecule has 0 aromatic carbocycles. The fourth-order valence-electron chi connectivity index (χ4n) is 2.96. The molecule has 0 fully saturated rings. The van der Waals surface area contributed by atoms with E-state index in [2.05, 4.69) is 31.8 Å². The van der Waals surface area contributed by atoms with Gasteiger partial charge in [-0.1, -0.05) is 20.8 Å². The minimum Gasteiger partial charge on any atom is -0.396 e. The molecule has 0 bridgehead atoms. The van der Waals surface area contributed by atoms with Gasteiger partial charge < -0.3 is 10.7 Å². The molecular weight excluding hydrogens is 222 g/mol. The number of aromatic nitrogens is 2. The number of pyridine rings is 1. The Kier molecular flexibility index (Phi) is 2.40. The molecule has 2 aromatic rings. The molecule has 1 aliphatic carbocycles. The van der Waals surface area contributed by atoms with E-state index in [1.807, 2.05) is 6.20 Å². The van der Waals surface area contributed by atoms with Gasteiger partial charge in [-0.3, -0.25) is 0 Å². The first-order chi connectivity index (χ1) is 8.45. The van der Waals surface area contributed by atoms with Crippen LogP contribution in [0.4, 0.5) is 5.69 Å². The first kappa shape index (κ1) is 11.6. The number of aryl methyl sites for hydroxylation is 1. The molecule has 3 rings (SSSR count). The molecule has 3 N–H and O–H groups in total. The van der Waals surface area contributed by atoms with Crippen LogP contribution in [0.1, 0.15) is 38.4 Å². The van der Waals surface area contributed by atoms with E-state index >= 15 is 0 Å². The van der Waals surface area contributed by atoms with Gasteiger partial charge in [-0.2, -0.15) is 0 Å². The summed E-state index contributed by atoms with van der Waals surface area (Å²) in [7, 11) is 0. The van der Waals surface area contributed by atoms with Crippen LogP contribution in [0, 0.1) is 11.3 Å². The van der Waals surface area contributed by atoms with Crippen LogP contribution in [0.25, 0.3) is 11.0 Å². The number of fused-ring (bicyclic) bond motifs is 2.